The van der Waals surface area contributed by atoms with Gasteiger partial charge in [0.05, 0.1) is 31.6 Å². The van der Waals surface area contributed by atoms with E-state index in [0.29, 0.717) is 17.4 Å². The molecule has 0 aliphatic carbocycles. The molecule has 21 heavy (non-hydrogen) atoms. The second kappa shape index (κ2) is 8.85. The van der Waals surface area contributed by atoms with Crippen LogP contribution in [0.4, 0.5) is 10.1 Å². The van der Waals surface area contributed by atoms with Crippen molar-refractivity contribution in [1.29, 1.82) is 0 Å². The van der Waals surface area contributed by atoms with Crippen molar-refractivity contribution in [3.63, 3.8) is 0 Å². The molecule has 4 nitrogen and oxygen atoms in total. The minimum Gasteiger partial charge on any atom is -0.497 e. The van der Waals surface area contributed by atoms with Crippen molar-refractivity contribution in [3.05, 3.63) is 24.0 Å². The molecule has 0 aromatic heterocycles. The van der Waals surface area contributed by atoms with Gasteiger partial charge in [0.15, 0.2) is 0 Å². The van der Waals surface area contributed by atoms with E-state index in [-0.39, 0.29) is 25.1 Å². The van der Waals surface area contributed by atoms with Crippen LogP contribution in [0.25, 0.3) is 0 Å². The quantitative estimate of drug-likeness (QED) is 0.736. The minimum atomic E-state index is -0.690. The number of anilines is 1. The molecule has 2 atom stereocenters. The van der Waals surface area contributed by atoms with E-state index < -0.39 is 6.10 Å². The number of halogens is 1. The molecule has 1 aromatic rings. The van der Waals surface area contributed by atoms with Crippen molar-refractivity contribution in [2.45, 2.75) is 39.4 Å². The van der Waals surface area contributed by atoms with Crippen molar-refractivity contribution < 1.29 is 19.0 Å². The van der Waals surface area contributed by atoms with Crippen LogP contribution in [0.3, 0.4) is 0 Å². The van der Waals surface area contributed by atoms with Gasteiger partial charge in [-0.25, -0.2) is 4.39 Å². The highest BCUT2D eigenvalue weighted by Crippen LogP contribution is 2.21. The summed E-state index contributed by atoms with van der Waals surface area (Å²) in [5, 5.41) is 12.7. The van der Waals surface area contributed by atoms with Crippen molar-refractivity contribution in [1.82, 2.24) is 0 Å². The summed E-state index contributed by atoms with van der Waals surface area (Å²) in [6.45, 7) is 6.69. The zero-order valence-corrected chi connectivity index (χ0v) is 13.2. The van der Waals surface area contributed by atoms with Crippen LogP contribution in [0.15, 0.2) is 18.2 Å². The first-order valence-corrected chi connectivity index (χ1v) is 7.29. The zero-order chi connectivity index (χ0) is 15.8. The van der Waals surface area contributed by atoms with Crippen LogP contribution in [0, 0.1) is 11.7 Å². The minimum absolute atomic E-state index is 0.105. The molecule has 0 heterocycles. The fourth-order valence-corrected chi connectivity index (χ4v) is 2.06. The molecule has 0 radical (unpaired) electrons. The van der Waals surface area contributed by atoms with Crippen LogP contribution in [0.2, 0.25) is 0 Å². The Bertz CT molecular complexity index is 426. The number of nitrogens with one attached hydrogen (secondary N) is 1. The lowest BCUT2D eigenvalue weighted by Crippen LogP contribution is -2.27. The van der Waals surface area contributed by atoms with E-state index in [4.69, 9.17) is 9.47 Å². The Morgan fingerprint density at radius 3 is 2.62 bits per heavy atom. The predicted molar refractivity (Wildman–Crippen MR) is 82.3 cm³/mol. The lowest BCUT2D eigenvalue weighted by Gasteiger charge is -2.19. The van der Waals surface area contributed by atoms with Gasteiger partial charge in [0.1, 0.15) is 11.6 Å². The molecule has 0 aliphatic rings. The van der Waals surface area contributed by atoms with E-state index in [0.717, 1.165) is 6.42 Å². The van der Waals surface area contributed by atoms with Gasteiger partial charge >= 0.3 is 0 Å². The van der Waals surface area contributed by atoms with E-state index >= 15 is 0 Å². The molecule has 1 aromatic carbocycles. The third-order valence-corrected chi connectivity index (χ3v) is 3.08. The summed E-state index contributed by atoms with van der Waals surface area (Å²) in [5.74, 6) is 0.744. The van der Waals surface area contributed by atoms with Gasteiger partial charge in [-0.1, -0.05) is 13.8 Å². The second-order valence-electron chi connectivity index (χ2n) is 5.65. The first-order chi connectivity index (χ1) is 9.92. The summed E-state index contributed by atoms with van der Waals surface area (Å²) in [6, 6.07) is 4.44. The zero-order valence-electron chi connectivity index (χ0n) is 13.2. The van der Waals surface area contributed by atoms with Crippen LogP contribution in [-0.4, -0.2) is 37.6 Å². The standard InChI is InChI=1S/C16H26FNO3/c1-11(2)7-12(3)21-10-13(19)9-18-16-8-14(20-4)5-6-15(16)17/h5-6,8,11-13,18-19H,7,9-10H2,1-4H3. The number of ether oxygens (including phenoxy) is 2. The monoisotopic (exact) mass is 299 g/mol. The molecule has 1 rings (SSSR count). The largest absolute Gasteiger partial charge is 0.497 e. The van der Waals surface area contributed by atoms with Gasteiger partial charge in [0.2, 0.25) is 0 Å². The van der Waals surface area contributed by atoms with Crippen LogP contribution >= 0.6 is 0 Å². The van der Waals surface area contributed by atoms with Gasteiger partial charge in [0, 0.05) is 12.6 Å². The molecule has 2 N–H and O–H groups in total. The fourth-order valence-electron chi connectivity index (χ4n) is 2.06. The number of benzene rings is 1. The molecule has 0 aliphatic heterocycles. The van der Waals surface area contributed by atoms with E-state index in [9.17, 15) is 9.50 Å². The van der Waals surface area contributed by atoms with Crippen LogP contribution in [-0.2, 0) is 4.74 Å². The van der Waals surface area contributed by atoms with Gasteiger partial charge < -0.3 is 19.9 Å². The number of methoxy groups -OCH3 is 1. The van der Waals surface area contributed by atoms with Gasteiger partial charge in [-0.05, 0) is 31.4 Å². The van der Waals surface area contributed by atoms with Gasteiger partial charge in [-0.2, -0.15) is 0 Å². The van der Waals surface area contributed by atoms with Crippen LogP contribution in [0.5, 0.6) is 5.75 Å². The highest BCUT2D eigenvalue weighted by molar-refractivity contribution is 5.49. The van der Waals surface area contributed by atoms with Crippen molar-refractivity contribution in [3.8, 4) is 5.75 Å². The average Bonchev–Trinajstić information content (AvgIpc) is 2.43. The third-order valence-electron chi connectivity index (χ3n) is 3.08. The Balaban J connectivity index is 2.37. The van der Waals surface area contributed by atoms with Gasteiger partial charge in [0.25, 0.3) is 0 Å². The summed E-state index contributed by atoms with van der Waals surface area (Å²) in [6.07, 6.45) is 0.364. The highest BCUT2D eigenvalue weighted by Gasteiger charge is 2.11. The third kappa shape index (κ3) is 6.78. The van der Waals surface area contributed by atoms with E-state index in [1.165, 1.54) is 13.2 Å². The lowest BCUT2D eigenvalue weighted by molar-refractivity contribution is -0.00445. The maximum Gasteiger partial charge on any atom is 0.146 e. The molecule has 2 unspecified atom stereocenters. The Kier molecular flexibility index (Phi) is 7.47. The number of aliphatic hydroxyl groups is 1. The summed E-state index contributed by atoms with van der Waals surface area (Å²) < 4.78 is 24.2. The number of hydrogen-bond donors (Lipinski definition) is 2. The Morgan fingerprint density at radius 2 is 2.00 bits per heavy atom. The molecular weight excluding hydrogens is 273 g/mol. The first kappa shape index (κ1) is 17.7. The second-order valence-corrected chi connectivity index (χ2v) is 5.65. The molecule has 0 saturated heterocycles. The number of rotatable bonds is 9. The Morgan fingerprint density at radius 1 is 1.29 bits per heavy atom. The molecule has 120 valence electrons. The summed E-state index contributed by atoms with van der Waals surface area (Å²) in [7, 11) is 1.52. The molecular formula is C16H26FNO3. The molecule has 0 spiro atoms. The van der Waals surface area contributed by atoms with Crippen molar-refractivity contribution in [2.24, 2.45) is 5.92 Å². The van der Waals surface area contributed by atoms with Crippen molar-refractivity contribution >= 4 is 5.69 Å². The van der Waals surface area contributed by atoms with Crippen LogP contribution < -0.4 is 10.1 Å². The molecule has 5 heteroatoms. The van der Waals surface area contributed by atoms with Crippen LogP contribution in [0.1, 0.15) is 27.2 Å². The summed E-state index contributed by atoms with van der Waals surface area (Å²) in [5.41, 5.74) is 0.309. The number of aliphatic hydroxyl groups excluding tert-OH is 1. The Hall–Kier alpha value is -1.33. The lowest BCUT2D eigenvalue weighted by atomic mass is 10.1. The molecule has 0 amide bonds. The maximum atomic E-state index is 13.6. The highest BCUT2D eigenvalue weighted by atomic mass is 19.1. The van der Waals surface area contributed by atoms with E-state index in [1.54, 1.807) is 12.1 Å². The van der Waals surface area contributed by atoms with Gasteiger partial charge in [-0.15, -0.1) is 0 Å². The number of hydrogen-bond acceptors (Lipinski definition) is 4. The SMILES string of the molecule is COc1ccc(F)c(NCC(O)COC(C)CC(C)C)c1. The smallest absolute Gasteiger partial charge is 0.146 e. The molecule has 0 fully saturated rings. The molecule has 0 bridgehead atoms. The summed E-state index contributed by atoms with van der Waals surface area (Å²) in [4.78, 5) is 0. The predicted octanol–water partition coefficient (Wildman–Crippen LogP) is 3.06. The van der Waals surface area contributed by atoms with Gasteiger partial charge in [-0.3, -0.25) is 0 Å². The van der Waals surface area contributed by atoms with E-state index in [2.05, 4.69) is 19.2 Å². The topological polar surface area (TPSA) is 50.7 Å². The summed E-state index contributed by atoms with van der Waals surface area (Å²) >= 11 is 0. The normalized spacial score (nSPS) is 14.0. The first-order valence-electron chi connectivity index (χ1n) is 7.29. The molecule has 0 saturated carbocycles. The Labute approximate surface area is 126 Å². The maximum absolute atomic E-state index is 13.6. The van der Waals surface area contributed by atoms with E-state index in [1.807, 2.05) is 6.92 Å². The van der Waals surface area contributed by atoms with Crippen molar-refractivity contribution in [2.75, 3.05) is 25.6 Å². The average molecular weight is 299 g/mol. The fraction of sp³-hybridized carbons (Fsp3) is 0.625.